The van der Waals surface area contributed by atoms with Gasteiger partial charge in [-0.25, -0.2) is 4.39 Å². The van der Waals surface area contributed by atoms with Gasteiger partial charge < -0.3 is 10.6 Å². The molecule has 3 unspecified atom stereocenters. The van der Waals surface area contributed by atoms with Crippen molar-refractivity contribution in [2.24, 2.45) is 0 Å². The fourth-order valence-corrected chi connectivity index (χ4v) is 6.47. The SMILES string of the molecule is O=C(NC1CN(CCCCC2(C(=O)NCC(F)P)c3ccccc3-c3ccccc32)C1)c1ccccc1C(F)(F)P. The molecule has 0 saturated carbocycles. The number of fused-ring (bicyclic) bond motifs is 3. The van der Waals surface area contributed by atoms with Crippen LogP contribution in [0.3, 0.4) is 0 Å². The summed E-state index contributed by atoms with van der Waals surface area (Å²) in [5.74, 6) is -1.92. The molecule has 0 radical (unpaired) electrons. The van der Waals surface area contributed by atoms with Crippen molar-refractivity contribution in [2.45, 2.75) is 42.3 Å². The number of carbonyl (C=O) groups excluding carboxylic acids is 2. The highest BCUT2D eigenvalue weighted by Crippen LogP contribution is 2.51. The monoisotopic (exact) mass is 599 g/mol. The molecule has 5 nitrogen and oxygen atoms in total. The molecule has 10 heteroatoms. The maximum atomic E-state index is 13.9. The number of carbonyl (C=O) groups is 2. The van der Waals surface area contributed by atoms with E-state index in [0.717, 1.165) is 41.6 Å². The summed E-state index contributed by atoms with van der Waals surface area (Å²) in [4.78, 5) is 28.6. The molecule has 2 amide bonds. The Hall–Kier alpha value is -2.79. The number of nitrogens with one attached hydrogen (secondary N) is 2. The zero-order valence-corrected chi connectivity index (χ0v) is 24.9. The number of rotatable bonds is 11. The summed E-state index contributed by atoms with van der Waals surface area (Å²) in [6.07, 6.45) is 2.17. The summed E-state index contributed by atoms with van der Waals surface area (Å²) >= 11 is 0. The van der Waals surface area contributed by atoms with Crippen LogP contribution in [0.4, 0.5) is 13.2 Å². The van der Waals surface area contributed by atoms with E-state index >= 15 is 0 Å². The summed E-state index contributed by atoms with van der Waals surface area (Å²) < 4.78 is 41.5. The van der Waals surface area contributed by atoms with Gasteiger partial charge in [-0.2, -0.15) is 8.78 Å². The van der Waals surface area contributed by atoms with Gasteiger partial charge in [-0.3, -0.25) is 14.5 Å². The summed E-state index contributed by atoms with van der Waals surface area (Å²) in [6, 6.07) is 21.5. The minimum atomic E-state index is -3.18. The fourth-order valence-electron chi connectivity index (χ4n) is 6.10. The topological polar surface area (TPSA) is 61.4 Å². The minimum Gasteiger partial charge on any atom is -0.352 e. The largest absolute Gasteiger partial charge is 0.352 e. The lowest BCUT2D eigenvalue weighted by molar-refractivity contribution is -0.125. The van der Waals surface area contributed by atoms with E-state index in [1.54, 1.807) is 6.07 Å². The van der Waals surface area contributed by atoms with Gasteiger partial charge in [0.15, 0.2) is 0 Å². The highest BCUT2D eigenvalue weighted by molar-refractivity contribution is 7.17. The molecule has 41 heavy (non-hydrogen) atoms. The van der Waals surface area contributed by atoms with Gasteiger partial charge in [-0.1, -0.05) is 91.6 Å². The zero-order chi connectivity index (χ0) is 29.2. The first kappa shape index (κ1) is 29.7. The normalized spacial score (nSPS) is 16.8. The molecule has 1 fully saturated rings. The number of unbranched alkanes of at least 4 members (excludes halogenated alkanes) is 1. The van der Waals surface area contributed by atoms with Crippen LogP contribution in [0.2, 0.25) is 0 Å². The molecule has 1 aliphatic heterocycles. The molecule has 3 aromatic carbocycles. The van der Waals surface area contributed by atoms with Crippen LogP contribution < -0.4 is 10.6 Å². The highest BCUT2D eigenvalue weighted by Gasteiger charge is 2.48. The van der Waals surface area contributed by atoms with Gasteiger partial charge in [0.25, 0.3) is 11.6 Å². The third-order valence-electron chi connectivity index (χ3n) is 8.01. The molecule has 0 bridgehead atoms. The molecular weight excluding hydrogens is 565 g/mol. The lowest BCUT2D eigenvalue weighted by Gasteiger charge is -2.40. The minimum absolute atomic E-state index is 0.0209. The van der Waals surface area contributed by atoms with Crippen LogP contribution in [-0.4, -0.2) is 54.8 Å². The Bertz CT molecular complexity index is 1380. The fraction of sp³-hybridized carbons (Fsp3) is 0.355. The first-order valence-electron chi connectivity index (χ1n) is 13.8. The Labute approximate surface area is 243 Å². The number of nitrogens with zero attached hydrogens (tertiary/aromatic N) is 1. The van der Waals surface area contributed by atoms with Crippen LogP contribution in [-0.2, 0) is 15.9 Å². The maximum absolute atomic E-state index is 13.9. The smallest absolute Gasteiger partial charge is 0.284 e. The molecule has 1 heterocycles. The number of halogens is 3. The first-order chi connectivity index (χ1) is 19.6. The van der Waals surface area contributed by atoms with Crippen molar-refractivity contribution in [3.05, 3.63) is 95.1 Å². The lowest BCUT2D eigenvalue weighted by Crippen LogP contribution is -2.59. The molecule has 1 saturated heterocycles. The van der Waals surface area contributed by atoms with Crippen molar-refractivity contribution in [1.29, 1.82) is 0 Å². The average molecular weight is 600 g/mol. The molecule has 0 spiro atoms. The molecule has 1 aliphatic carbocycles. The number of amides is 2. The molecule has 5 rings (SSSR count). The molecule has 2 N–H and O–H groups in total. The third-order valence-corrected chi connectivity index (χ3v) is 8.56. The van der Waals surface area contributed by atoms with Crippen LogP contribution in [0, 0.1) is 0 Å². The summed E-state index contributed by atoms with van der Waals surface area (Å²) in [6.45, 7) is 1.98. The van der Waals surface area contributed by atoms with Crippen LogP contribution in [0.1, 0.15) is 46.3 Å². The van der Waals surface area contributed by atoms with Gasteiger partial charge >= 0.3 is 0 Å². The summed E-state index contributed by atoms with van der Waals surface area (Å²) in [5, 5.41) is 5.70. The predicted molar refractivity (Wildman–Crippen MR) is 162 cm³/mol. The molecular formula is C31H34F3N3O2P2. The Morgan fingerprint density at radius 2 is 1.54 bits per heavy atom. The van der Waals surface area contributed by atoms with E-state index in [4.69, 9.17) is 0 Å². The zero-order valence-electron chi connectivity index (χ0n) is 22.6. The summed E-state index contributed by atoms with van der Waals surface area (Å²) in [5.41, 5.74) is -0.463. The second kappa shape index (κ2) is 12.2. The first-order valence-corrected chi connectivity index (χ1v) is 15.0. The van der Waals surface area contributed by atoms with Crippen LogP contribution in [0.25, 0.3) is 11.1 Å². The van der Waals surface area contributed by atoms with E-state index in [1.807, 2.05) is 48.5 Å². The van der Waals surface area contributed by atoms with E-state index < -0.39 is 22.9 Å². The van der Waals surface area contributed by atoms with Gasteiger partial charge in [0.05, 0.1) is 12.6 Å². The van der Waals surface area contributed by atoms with Gasteiger partial charge in [0.1, 0.15) is 11.3 Å². The van der Waals surface area contributed by atoms with Crippen molar-refractivity contribution in [2.75, 3.05) is 26.2 Å². The number of hydrogen-bond donors (Lipinski definition) is 2. The van der Waals surface area contributed by atoms with Gasteiger partial charge in [-0.15, -0.1) is 0 Å². The number of hydrogen-bond acceptors (Lipinski definition) is 3. The van der Waals surface area contributed by atoms with Crippen molar-refractivity contribution in [3.8, 4) is 11.1 Å². The van der Waals surface area contributed by atoms with Crippen molar-refractivity contribution in [1.82, 2.24) is 15.5 Å². The highest BCUT2D eigenvalue weighted by atomic mass is 31.0. The second-order valence-corrected chi connectivity index (χ2v) is 12.2. The van der Waals surface area contributed by atoms with Crippen LogP contribution in [0.5, 0.6) is 0 Å². The number of likely N-dealkylation sites (tertiary alicyclic amines) is 1. The van der Waals surface area contributed by atoms with Crippen molar-refractivity contribution in [3.63, 3.8) is 0 Å². The lowest BCUT2D eigenvalue weighted by atomic mass is 9.73. The van der Waals surface area contributed by atoms with E-state index in [9.17, 15) is 22.8 Å². The van der Waals surface area contributed by atoms with E-state index in [1.165, 1.54) is 27.4 Å². The second-order valence-electron chi connectivity index (χ2n) is 10.8. The average Bonchev–Trinajstić information content (AvgIpc) is 3.22. The Morgan fingerprint density at radius 1 is 0.951 bits per heavy atom. The molecule has 2 aliphatic rings. The predicted octanol–water partition coefficient (Wildman–Crippen LogP) is 5.45. The standard InChI is InChI=1S/C31H34F3N3O2P2/c32-27(40)17-35-29(39)30(24-12-4-1-9-21(24)22-10-2-5-13-25(22)30)15-7-8-16-37-18-20(19-37)36-28(38)23-11-3-6-14-26(23)31(33,34)41/h1-6,9-14,20,27H,7-8,15-19,40-41H2,(H,35,39)(H,36,38). The molecule has 3 atom stereocenters. The molecule has 0 aromatic heterocycles. The van der Waals surface area contributed by atoms with Gasteiger partial charge in [0.2, 0.25) is 5.91 Å². The Morgan fingerprint density at radius 3 is 2.15 bits per heavy atom. The number of alkyl halides is 3. The summed E-state index contributed by atoms with van der Waals surface area (Å²) in [7, 11) is 3.56. The number of benzene rings is 3. The van der Waals surface area contributed by atoms with Gasteiger partial charge in [-0.05, 0) is 47.7 Å². The van der Waals surface area contributed by atoms with E-state index in [0.29, 0.717) is 19.5 Å². The van der Waals surface area contributed by atoms with Crippen LogP contribution in [0.15, 0.2) is 72.8 Å². The maximum Gasteiger partial charge on any atom is 0.284 e. The quantitative estimate of drug-likeness (QED) is 0.228. The molecule has 216 valence electrons. The van der Waals surface area contributed by atoms with Crippen molar-refractivity contribution < 1.29 is 22.8 Å². The third kappa shape index (κ3) is 6.07. The van der Waals surface area contributed by atoms with Crippen molar-refractivity contribution >= 4 is 30.3 Å². The van der Waals surface area contributed by atoms with Gasteiger partial charge in [0, 0.05) is 24.2 Å². The van der Waals surface area contributed by atoms with E-state index in [-0.39, 0.29) is 29.6 Å². The Balaban J connectivity index is 1.20. The Kier molecular flexibility index (Phi) is 8.84. The molecule has 3 aromatic rings. The van der Waals surface area contributed by atoms with E-state index in [2.05, 4.69) is 24.8 Å². The van der Waals surface area contributed by atoms with Crippen LogP contribution >= 0.6 is 18.5 Å².